The molecule has 3 aromatic rings. The van der Waals surface area contributed by atoms with E-state index in [1.807, 2.05) is 55.6 Å². The molecule has 0 radical (unpaired) electrons. The maximum absolute atomic E-state index is 12.3. The second-order valence-corrected chi connectivity index (χ2v) is 6.32. The molecule has 3 rings (SSSR count). The van der Waals surface area contributed by atoms with Gasteiger partial charge in [-0.2, -0.15) is 0 Å². The van der Waals surface area contributed by atoms with Gasteiger partial charge in [-0.15, -0.1) is 11.3 Å². The number of carbonyl (C=O) groups excluding carboxylic acids is 1. The van der Waals surface area contributed by atoms with E-state index in [1.54, 1.807) is 6.07 Å². The van der Waals surface area contributed by atoms with Crippen LogP contribution in [0.3, 0.4) is 0 Å². The molecule has 0 aliphatic heterocycles. The van der Waals surface area contributed by atoms with Gasteiger partial charge < -0.3 is 5.32 Å². The third-order valence-corrected chi connectivity index (χ3v) is 4.27. The van der Waals surface area contributed by atoms with Gasteiger partial charge in [0.2, 0.25) is 0 Å². The first-order valence-electron chi connectivity index (χ1n) is 7.60. The zero-order valence-electron chi connectivity index (χ0n) is 13.5. The van der Waals surface area contributed by atoms with Crippen molar-refractivity contribution in [2.45, 2.75) is 20.4 Å². The predicted octanol–water partition coefficient (Wildman–Crippen LogP) is 4.02. The summed E-state index contributed by atoms with van der Waals surface area (Å²) in [6, 6.07) is 13.4. The highest BCUT2D eigenvalue weighted by atomic mass is 32.1. The number of hydrogen-bond acceptors (Lipinski definition) is 5. The Hall–Kier alpha value is -2.73. The van der Waals surface area contributed by atoms with Crippen LogP contribution in [-0.2, 0) is 6.54 Å². The zero-order chi connectivity index (χ0) is 16.9. The smallest absolute Gasteiger partial charge is 0.257 e. The molecule has 5 nitrogen and oxygen atoms in total. The Bertz CT molecular complexity index is 859. The van der Waals surface area contributed by atoms with Gasteiger partial charge in [-0.25, -0.2) is 9.97 Å². The average molecular weight is 338 g/mol. The molecule has 0 fully saturated rings. The minimum Gasteiger partial charge on any atom is -0.366 e. The number of rotatable bonds is 5. The van der Waals surface area contributed by atoms with Crippen LogP contribution in [0.1, 0.15) is 27.3 Å². The summed E-state index contributed by atoms with van der Waals surface area (Å²) in [4.78, 5) is 21.0. The van der Waals surface area contributed by atoms with Crippen molar-refractivity contribution in [3.8, 4) is 0 Å². The van der Waals surface area contributed by atoms with Crippen molar-refractivity contribution in [1.82, 2.24) is 9.97 Å². The zero-order valence-corrected chi connectivity index (χ0v) is 14.4. The Labute approximate surface area is 144 Å². The lowest BCUT2D eigenvalue weighted by Gasteiger charge is -2.08. The van der Waals surface area contributed by atoms with E-state index < -0.39 is 0 Å². The van der Waals surface area contributed by atoms with Crippen LogP contribution in [0.25, 0.3) is 0 Å². The summed E-state index contributed by atoms with van der Waals surface area (Å²) in [6.07, 6.45) is 0. The van der Waals surface area contributed by atoms with E-state index in [4.69, 9.17) is 0 Å². The van der Waals surface area contributed by atoms with Crippen LogP contribution in [0.5, 0.6) is 0 Å². The molecule has 1 amide bonds. The monoisotopic (exact) mass is 338 g/mol. The molecular weight excluding hydrogens is 320 g/mol. The number of nitrogens with zero attached hydrogens (tertiary/aromatic N) is 2. The van der Waals surface area contributed by atoms with Gasteiger partial charge in [-0.05, 0) is 43.7 Å². The SMILES string of the molecule is Cc1cccc(NCc2cccc(C(=O)Nc3nc(C)cs3)c2)n1. The van der Waals surface area contributed by atoms with Crippen LogP contribution < -0.4 is 10.6 Å². The van der Waals surface area contributed by atoms with Crippen molar-refractivity contribution in [2.24, 2.45) is 0 Å². The van der Waals surface area contributed by atoms with Crippen molar-refractivity contribution in [3.63, 3.8) is 0 Å². The van der Waals surface area contributed by atoms with Crippen molar-refractivity contribution >= 4 is 28.2 Å². The molecule has 0 aliphatic carbocycles. The minimum atomic E-state index is -0.153. The quantitative estimate of drug-likeness (QED) is 0.737. The van der Waals surface area contributed by atoms with Crippen LogP contribution in [0.15, 0.2) is 47.8 Å². The maximum Gasteiger partial charge on any atom is 0.257 e. The van der Waals surface area contributed by atoms with E-state index in [0.29, 0.717) is 17.2 Å². The summed E-state index contributed by atoms with van der Waals surface area (Å²) in [7, 11) is 0. The predicted molar refractivity (Wildman–Crippen MR) is 97.5 cm³/mol. The molecule has 2 N–H and O–H groups in total. The summed E-state index contributed by atoms with van der Waals surface area (Å²) in [6.45, 7) is 4.46. The first-order valence-corrected chi connectivity index (χ1v) is 8.48. The highest BCUT2D eigenvalue weighted by molar-refractivity contribution is 7.13. The number of aryl methyl sites for hydroxylation is 2. The van der Waals surface area contributed by atoms with Crippen molar-refractivity contribution in [1.29, 1.82) is 0 Å². The number of benzene rings is 1. The van der Waals surface area contributed by atoms with Crippen LogP contribution in [0.4, 0.5) is 10.9 Å². The lowest BCUT2D eigenvalue weighted by molar-refractivity contribution is 0.102. The fraction of sp³-hybridized carbons (Fsp3) is 0.167. The number of amides is 1. The molecule has 2 aromatic heterocycles. The van der Waals surface area contributed by atoms with Gasteiger partial charge in [-0.3, -0.25) is 10.1 Å². The summed E-state index contributed by atoms with van der Waals surface area (Å²) >= 11 is 1.42. The third-order valence-electron chi connectivity index (χ3n) is 3.39. The topological polar surface area (TPSA) is 66.9 Å². The number of anilines is 2. The van der Waals surface area contributed by atoms with E-state index >= 15 is 0 Å². The lowest BCUT2D eigenvalue weighted by Crippen LogP contribution is -2.12. The summed E-state index contributed by atoms with van der Waals surface area (Å²) < 4.78 is 0. The molecule has 24 heavy (non-hydrogen) atoms. The Kier molecular flexibility index (Phi) is 4.86. The second kappa shape index (κ2) is 7.23. The Morgan fingerprint density at radius 3 is 2.67 bits per heavy atom. The number of hydrogen-bond donors (Lipinski definition) is 2. The van der Waals surface area contributed by atoms with Crippen LogP contribution >= 0.6 is 11.3 Å². The molecule has 0 unspecified atom stereocenters. The van der Waals surface area contributed by atoms with Gasteiger partial charge in [0.05, 0.1) is 5.69 Å². The molecule has 2 heterocycles. The minimum absolute atomic E-state index is 0.153. The van der Waals surface area contributed by atoms with Gasteiger partial charge in [0.1, 0.15) is 5.82 Å². The molecule has 122 valence electrons. The van der Waals surface area contributed by atoms with Crippen molar-refractivity contribution in [2.75, 3.05) is 10.6 Å². The molecule has 0 aliphatic rings. The van der Waals surface area contributed by atoms with Crippen LogP contribution in [-0.4, -0.2) is 15.9 Å². The molecule has 0 spiro atoms. The fourth-order valence-electron chi connectivity index (χ4n) is 2.24. The normalized spacial score (nSPS) is 10.4. The largest absolute Gasteiger partial charge is 0.366 e. The van der Waals surface area contributed by atoms with Gasteiger partial charge in [-0.1, -0.05) is 18.2 Å². The average Bonchev–Trinajstić information content (AvgIpc) is 2.98. The van der Waals surface area contributed by atoms with E-state index in [1.165, 1.54) is 11.3 Å². The first kappa shape index (κ1) is 16.1. The third kappa shape index (κ3) is 4.17. The molecule has 6 heteroatoms. The van der Waals surface area contributed by atoms with Gasteiger partial charge in [0.15, 0.2) is 5.13 Å². The van der Waals surface area contributed by atoms with E-state index in [0.717, 1.165) is 22.8 Å². The van der Waals surface area contributed by atoms with Crippen molar-refractivity contribution < 1.29 is 4.79 Å². The molecule has 0 bridgehead atoms. The Morgan fingerprint density at radius 1 is 1.08 bits per heavy atom. The Balaban J connectivity index is 1.66. The van der Waals surface area contributed by atoms with E-state index in [9.17, 15) is 4.79 Å². The van der Waals surface area contributed by atoms with E-state index in [-0.39, 0.29) is 5.91 Å². The summed E-state index contributed by atoms with van der Waals surface area (Å²) in [5.41, 5.74) is 3.49. The molecule has 0 saturated carbocycles. The highest BCUT2D eigenvalue weighted by Crippen LogP contribution is 2.16. The number of nitrogens with one attached hydrogen (secondary N) is 2. The lowest BCUT2D eigenvalue weighted by atomic mass is 10.1. The van der Waals surface area contributed by atoms with Crippen LogP contribution in [0.2, 0.25) is 0 Å². The maximum atomic E-state index is 12.3. The number of thiazole rings is 1. The molecule has 0 saturated heterocycles. The Morgan fingerprint density at radius 2 is 1.92 bits per heavy atom. The highest BCUT2D eigenvalue weighted by Gasteiger charge is 2.09. The molecule has 1 aromatic carbocycles. The standard InChI is InChI=1S/C18H18N4OS/c1-12-5-3-8-16(20-12)19-10-14-6-4-7-15(9-14)17(23)22-18-21-13(2)11-24-18/h3-9,11H,10H2,1-2H3,(H,19,20)(H,21,22,23). The number of pyridine rings is 1. The molecule has 0 atom stereocenters. The molecular formula is C18H18N4OS. The van der Waals surface area contributed by atoms with Gasteiger partial charge in [0.25, 0.3) is 5.91 Å². The van der Waals surface area contributed by atoms with E-state index in [2.05, 4.69) is 20.6 Å². The second-order valence-electron chi connectivity index (χ2n) is 5.47. The first-order chi connectivity index (χ1) is 11.6. The van der Waals surface area contributed by atoms with Gasteiger partial charge >= 0.3 is 0 Å². The summed E-state index contributed by atoms with van der Waals surface area (Å²) in [5, 5.41) is 8.61. The number of aromatic nitrogens is 2. The fourth-order valence-corrected chi connectivity index (χ4v) is 2.92. The van der Waals surface area contributed by atoms with Crippen molar-refractivity contribution in [3.05, 3.63) is 70.4 Å². The van der Waals surface area contributed by atoms with Gasteiger partial charge in [0, 0.05) is 23.2 Å². The number of carbonyl (C=O) groups is 1. The van der Waals surface area contributed by atoms with Crippen LogP contribution in [0, 0.1) is 13.8 Å². The summed E-state index contributed by atoms with van der Waals surface area (Å²) in [5.74, 6) is 0.669.